The first-order valence-electron chi connectivity index (χ1n) is 9.50. The molecule has 0 unspecified atom stereocenters. The summed E-state index contributed by atoms with van der Waals surface area (Å²) in [5.74, 6) is 0.385. The summed E-state index contributed by atoms with van der Waals surface area (Å²) >= 11 is 3.62. The van der Waals surface area contributed by atoms with Crippen molar-refractivity contribution >= 4 is 27.6 Å². The largest absolute Gasteiger partial charge is 0.493 e. The lowest BCUT2D eigenvalue weighted by Crippen LogP contribution is -2.05. The first kappa shape index (κ1) is 21.7. The second-order valence-electron chi connectivity index (χ2n) is 7.06. The molecule has 0 aliphatic rings. The van der Waals surface area contributed by atoms with Gasteiger partial charge < -0.3 is 19.9 Å². The molecular formula is C24H24BrNO4. The van der Waals surface area contributed by atoms with E-state index in [0.717, 1.165) is 26.9 Å². The van der Waals surface area contributed by atoms with E-state index in [-0.39, 0.29) is 5.56 Å². The van der Waals surface area contributed by atoms with Crippen molar-refractivity contribution in [2.24, 2.45) is 0 Å². The fourth-order valence-corrected chi connectivity index (χ4v) is 3.60. The minimum atomic E-state index is -0.932. The highest BCUT2D eigenvalue weighted by atomic mass is 79.9. The number of anilines is 1. The van der Waals surface area contributed by atoms with Crippen molar-refractivity contribution in [3.05, 3.63) is 86.9 Å². The molecule has 0 heterocycles. The summed E-state index contributed by atoms with van der Waals surface area (Å²) in [7, 11) is 1.62. The van der Waals surface area contributed by atoms with Gasteiger partial charge in [-0.2, -0.15) is 0 Å². The van der Waals surface area contributed by atoms with Gasteiger partial charge in [-0.15, -0.1) is 0 Å². The summed E-state index contributed by atoms with van der Waals surface area (Å²) in [5, 5.41) is 12.5. The van der Waals surface area contributed by atoms with Crippen LogP contribution in [0, 0.1) is 13.8 Å². The SMILES string of the molecule is COc1cc(CNc2ccc(C(=O)O)cc2C)c(Br)cc1OCc1cccc(C)c1. The normalized spacial score (nSPS) is 10.5. The molecule has 0 spiro atoms. The lowest BCUT2D eigenvalue weighted by atomic mass is 10.1. The van der Waals surface area contributed by atoms with Gasteiger partial charge in [0.05, 0.1) is 12.7 Å². The summed E-state index contributed by atoms with van der Waals surface area (Å²) in [6.07, 6.45) is 0. The number of halogens is 1. The van der Waals surface area contributed by atoms with Crippen molar-refractivity contribution in [2.75, 3.05) is 12.4 Å². The van der Waals surface area contributed by atoms with E-state index in [2.05, 4.69) is 40.3 Å². The molecule has 0 aliphatic carbocycles. The number of carbonyl (C=O) groups is 1. The number of rotatable bonds is 8. The van der Waals surface area contributed by atoms with Gasteiger partial charge in [-0.05, 0) is 60.9 Å². The van der Waals surface area contributed by atoms with E-state index in [1.165, 1.54) is 5.56 Å². The lowest BCUT2D eigenvalue weighted by molar-refractivity contribution is 0.0697. The molecule has 6 heteroatoms. The van der Waals surface area contributed by atoms with Crippen LogP contribution in [-0.2, 0) is 13.2 Å². The lowest BCUT2D eigenvalue weighted by Gasteiger charge is -2.16. The Balaban J connectivity index is 1.73. The van der Waals surface area contributed by atoms with Crippen LogP contribution in [0.25, 0.3) is 0 Å². The Morgan fingerprint density at radius 2 is 1.87 bits per heavy atom. The number of hydrogen-bond acceptors (Lipinski definition) is 4. The number of benzene rings is 3. The fourth-order valence-electron chi connectivity index (χ4n) is 3.13. The van der Waals surface area contributed by atoms with E-state index in [1.807, 2.05) is 31.2 Å². The molecule has 0 fully saturated rings. The van der Waals surface area contributed by atoms with Gasteiger partial charge in [0.15, 0.2) is 11.5 Å². The first-order chi connectivity index (χ1) is 14.4. The van der Waals surface area contributed by atoms with Crippen LogP contribution in [0.1, 0.15) is 32.6 Å². The Hall–Kier alpha value is -2.99. The van der Waals surface area contributed by atoms with Gasteiger partial charge in [-0.3, -0.25) is 0 Å². The molecule has 2 N–H and O–H groups in total. The molecule has 0 radical (unpaired) electrons. The maximum absolute atomic E-state index is 11.1. The number of carboxylic acids is 1. The predicted molar refractivity (Wildman–Crippen MR) is 122 cm³/mol. The highest BCUT2D eigenvalue weighted by Crippen LogP contribution is 2.34. The van der Waals surface area contributed by atoms with Crippen molar-refractivity contribution in [3.8, 4) is 11.5 Å². The third-order valence-corrected chi connectivity index (χ3v) is 5.49. The molecule has 3 aromatic carbocycles. The number of ether oxygens (including phenoxy) is 2. The van der Waals surface area contributed by atoms with Crippen LogP contribution in [-0.4, -0.2) is 18.2 Å². The standard InChI is InChI=1S/C24H24BrNO4/c1-15-5-4-6-17(9-15)14-30-23-12-20(25)19(11-22(23)29-3)13-26-21-8-7-18(24(27)28)10-16(21)2/h4-12,26H,13-14H2,1-3H3,(H,27,28). The maximum Gasteiger partial charge on any atom is 0.335 e. The molecule has 0 bridgehead atoms. The average Bonchev–Trinajstić information content (AvgIpc) is 2.72. The van der Waals surface area contributed by atoms with Crippen LogP contribution in [0.4, 0.5) is 5.69 Å². The molecule has 0 amide bonds. The second-order valence-corrected chi connectivity index (χ2v) is 7.91. The minimum absolute atomic E-state index is 0.274. The molecule has 0 saturated carbocycles. The summed E-state index contributed by atoms with van der Waals surface area (Å²) in [6.45, 7) is 4.94. The Morgan fingerprint density at radius 3 is 2.53 bits per heavy atom. The van der Waals surface area contributed by atoms with E-state index < -0.39 is 5.97 Å². The van der Waals surface area contributed by atoms with Gasteiger partial charge in [0.25, 0.3) is 0 Å². The molecule has 0 aromatic heterocycles. The third kappa shape index (κ3) is 5.33. The molecule has 3 rings (SSSR count). The third-order valence-electron chi connectivity index (χ3n) is 4.75. The summed E-state index contributed by atoms with van der Waals surface area (Å²) < 4.78 is 12.4. The quantitative estimate of drug-likeness (QED) is 0.425. The number of aryl methyl sites for hydroxylation is 2. The van der Waals surface area contributed by atoms with Gasteiger partial charge in [-0.1, -0.05) is 45.8 Å². The summed E-state index contributed by atoms with van der Waals surface area (Å²) in [5.41, 5.74) is 5.31. The van der Waals surface area contributed by atoms with Crippen LogP contribution in [0.3, 0.4) is 0 Å². The van der Waals surface area contributed by atoms with E-state index in [0.29, 0.717) is 24.7 Å². The van der Waals surface area contributed by atoms with Crippen LogP contribution < -0.4 is 14.8 Å². The highest BCUT2D eigenvalue weighted by molar-refractivity contribution is 9.10. The summed E-state index contributed by atoms with van der Waals surface area (Å²) in [4.78, 5) is 11.1. The predicted octanol–water partition coefficient (Wildman–Crippen LogP) is 5.96. The zero-order chi connectivity index (χ0) is 21.7. The van der Waals surface area contributed by atoms with Gasteiger partial charge in [0.2, 0.25) is 0 Å². The number of hydrogen-bond donors (Lipinski definition) is 2. The van der Waals surface area contributed by atoms with Crippen LogP contribution in [0.2, 0.25) is 0 Å². The molecule has 30 heavy (non-hydrogen) atoms. The molecule has 156 valence electrons. The Labute approximate surface area is 184 Å². The molecule has 0 atom stereocenters. The molecular weight excluding hydrogens is 446 g/mol. The van der Waals surface area contributed by atoms with E-state index in [4.69, 9.17) is 14.6 Å². The monoisotopic (exact) mass is 469 g/mol. The van der Waals surface area contributed by atoms with Crippen molar-refractivity contribution < 1.29 is 19.4 Å². The Morgan fingerprint density at radius 1 is 1.07 bits per heavy atom. The van der Waals surface area contributed by atoms with Crippen LogP contribution in [0.15, 0.2) is 59.1 Å². The number of methoxy groups -OCH3 is 1. The van der Waals surface area contributed by atoms with Crippen LogP contribution in [0.5, 0.6) is 11.5 Å². The zero-order valence-electron chi connectivity index (χ0n) is 17.2. The molecule has 0 aliphatic heterocycles. The van der Waals surface area contributed by atoms with Crippen LogP contribution >= 0.6 is 15.9 Å². The fraction of sp³-hybridized carbons (Fsp3) is 0.208. The number of nitrogens with one attached hydrogen (secondary N) is 1. The Kier molecular flexibility index (Phi) is 7.00. The summed E-state index contributed by atoms with van der Waals surface area (Å²) in [6, 6.07) is 17.1. The van der Waals surface area contributed by atoms with Gasteiger partial charge in [0.1, 0.15) is 6.61 Å². The first-order valence-corrected chi connectivity index (χ1v) is 10.3. The second kappa shape index (κ2) is 9.67. The maximum atomic E-state index is 11.1. The van der Waals surface area contributed by atoms with E-state index in [1.54, 1.807) is 25.3 Å². The topological polar surface area (TPSA) is 67.8 Å². The van der Waals surface area contributed by atoms with Gasteiger partial charge >= 0.3 is 5.97 Å². The van der Waals surface area contributed by atoms with Gasteiger partial charge in [-0.25, -0.2) is 4.79 Å². The minimum Gasteiger partial charge on any atom is -0.493 e. The van der Waals surface area contributed by atoms with Crippen molar-refractivity contribution in [1.29, 1.82) is 0 Å². The zero-order valence-corrected chi connectivity index (χ0v) is 18.7. The van der Waals surface area contributed by atoms with Crippen molar-refractivity contribution in [3.63, 3.8) is 0 Å². The highest BCUT2D eigenvalue weighted by Gasteiger charge is 2.12. The molecule has 5 nitrogen and oxygen atoms in total. The number of aromatic carboxylic acids is 1. The Bertz CT molecular complexity index is 1070. The van der Waals surface area contributed by atoms with Crippen molar-refractivity contribution in [1.82, 2.24) is 0 Å². The van der Waals surface area contributed by atoms with Gasteiger partial charge in [0, 0.05) is 16.7 Å². The number of carboxylic acid groups (broad SMARTS) is 1. The van der Waals surface area contributed by atoms with E-state index >= 15 is 0 Å². The average molecular weight is 470 g/mol. The smallest absolute Gasteiger partial charge is 0.335 e. The molecule has 0 saturated heterocycles. The van der Waals surface area contributed by atoms with Crippen molar-refractivity contribution in [2.45, 2.75) is 27.0 Å². The van der Waals surface area contributed by atoms with E-state index in [9.17, 15) is 4.79 Å². The molecule has 3 aromatic rings.